The summed E-state index contributed by atoms with van der Waals surface area (Å²) >= 11 is 0. The molecule has 0 atom stereocenters. The van der Waals surface area contributed by atoms with Crippen LogP contribution in [0.2, 0.25) is 0 Å². The number of nitrogens with one attached hydrogen (secondary N) is 1. The van der Waals surface area contributed by atoms with Crippen LogP contribution in [0.3, 0.4) is 0 Å². The first-order chi connectivity index (χ1) is 16.7. The van der Waals surface area contributed by atoms with E-state index in [1.807, 2.05) is 43.4 Å². The summed E-state index contributed by atoms with van der Waals surface area (Å²) in [4.78, 5) is 13.3. The van der Waals surface area contributed by atoms with Gasteiger partial charge in [-0.25, -0.2) is 9.98 Å². The summed E-state index contributed by atoms with van der Waals surface area (Å²) in [6.45, 7) is 4.54. The van der Waals surface area contributed by atoms with Crippen LogP contribution in [0.15, 0.2) is 101 Å². The summed E-state index contributed by atoms with van der Waals surface area (Å²) in [7, 11) is 3.65. The van der Waals surface area contributed by atoms with E-state index in [4.69, 9.17) is 9.73 Å². The van der Waals surface area contributed by atoms with Gasteiger partial charge in [0.2, 0.25) is 0 Å². The van der Waals surface area contributed by atoms with Crippen LogP contribution in [0, 0.1) is 0 Å². The highest BCUT2D eigenvalue weighted by Crippen LogP contribution is 2.31. The minimum absolute atomic E-state index is 0.548. The van der Waals surface area contributed by atoms with Crippen molar-refractivity contribution in [1.29, 1.82) is 0 Å². The second-order valence-electron chi connectivity index (χ2n) is 7.89. The van der Waals surface area contributed by atoms with Crippen molar-refractivity contribution in [3.63, 3.8) is 0 Å². The molecule has 0 saturated heterocycles. The Morgan fingerprint density at radius 3 is 2.47 bits per heavy atom. The molecule has 170 valence electrons. The maximum absolute atomic E-state index is 5.43. The van der Waals surface area contributed by atoms with Crippen LogP contribution < -0.4 is 10.1 Å². The molecule has 0 aliphatic heterocycles. The van der Waals surface area contributed by atoms with Gasteiger partial charge in [-0.1, -0.05) is 42.5 Å². The standard InChI is InChI=1S/C29H28N4O/c1-30-19-24-9-5-4-8-21(24)16-26-17-23(22-10-6-12-27(18-22)34-3)13-14-28(26)33-29(31-2)25-11-7-15-32-20-25/h4-15,17-18,20,30H,2,16,19H2,1,3H3. The van der Waals surface area contributed by atoms with E-state index in [9.17, 15) is 0 Å². The number of pyridine rings is 1. The monoisotopic (exact) mass is 448 g/mol. The lowest BCUT2D eigenvalue weighted by atomic mass is 9.95. The van der Waals surface area contributed by atoms with Gasteiger partial charge in [-0.3, -0.25) is 4.98 Å². The third-order valence-corrected chi connectivity index (χ3v) is 5.64. The number of aliphatic imine (C=N–C) groups is 2. The molecule has 0 aliphatic rings. The van der Waals surface area contributed by atoms with E-state index in [1.54, 1.807) is 19.5 Å². The normalized spacial score (nSPS) is 11.3. The van der Waals surface area contributed by atoms with E-state index in [1.165, 1.54) is 11.1 Å². The fraction of sp³-hybridized carbons (Fsp3) is 0.138. The van der Waals surface area contributed by atoms with Gasteiger partial charge in [0, 0.05) is 24.5 Å². The van der Waals surface area contributed by atoms with Gasteiger partial charge in [0.25, 0.3) is 0 Å². The van der Waals surface area contributed by atoms with Crippen molar-refractivity contribution in [2.75, 3.05) is 14.2 Å². The molecule has 3 aromatic carbocycles. The Labute approximate surface area is 200 Å². The molecule has 4 aromatic rings. The molecule has 0 aliphatic carbocycles. The highest BCUT2D eigenvalue weighted by atomic mass is 16.5. The number of amidine groups is 1. The fourth-order valence-electron chi connectivity index (χ4n) is 3.92. The first-order valence-corrected chi connectivity index (χ1v) is 11.2. The van der Waals surface area contributed by atoms with Crippen LogP contribution in [-0.4, -0.2) is 31.7 Å². The summed E-state index contributed by atoms with van der Waals surface area (Å²) in [5.74, 6) is 1.38. The second kappa shape index (κ2) is 11.2. The molecular weight excluding hydrogens is 420 g/mol. The Balaban J connectivity index is 1.82. The number of nitrogens with zero attached hydrogens (tertiary/aromatic N) is 3. The average molecular weight is 449 g/mol. The van der Waals surface area contributed by atoms with Crippen molar-refractivity contribution in [2.24, 2.45) is 9.98 Å². The van der Waals surface area contributed by atoms with Crippen LogP contribution in [0.5, 0.6) is 5.75 Å². The van der Waals surface area contributed by atoms with E-state index in [0.29, 0.717) is 5.84 Å². The number of ether oxygens (including phenoxy) is 1. The quantitative estimate of drug-likeness (QED) is 0.272. The molecule has 0 radical (unpaired) electrons. The summed E-state index contributed by atoms with van der Waals surface area (Å²) < 4.78 is 5.43. The van der Waals surface area contributed by atoms with Crippen molar-refractivity contribution in [3.05, 3.63) is 114 Å². The Hall–Kier alpha value is -4.09. The smallest absolute Gasteiger partial charge is 0.160 e. The lowest BCUT2D eigenvalue weighted by Gasteiger charge is -2.14. The van der Waals surface area contributed by atoms with Gasteiger partial charge in [-0.05, 0) is 84.4 Å². The number of methoxy groups -OCH3 is 1. The van der Waals surface area contributed by atoms with Gasteiger partial charge in [-0.15, -0.1) is 0 Å². The molecule has 0 saturated carbocycles. The van der Waals surface area contributed by atoms with Gasteiger partial charge in [0.05, 0.1) is 12.8 Å². The zero-order valence-corrected chi connectivity index (χ0v) is 19.5. The highest BCUT2D eigenvalue weighted by molar-refractivity contribution is 6.02. The minimum Gasteiger partial charge on any atom is -0.497 e. The molecule has 0 fully saturated rings. The molecule has 0 amide bonds. The van der Waals surface area contributed by atoms with Crippen molar-refractivity contribution >= 4 is 18.2 Å². The minimum atomic E-state index is 0.548. The molecule has 0 spiro atoms. The van der Waals surface area contributed by atoms with E-state index >= 15 is 0 Å². The first-order valence-electron chi connectivity index (χ1n) is 11.2. The molecule has 0 unspecified atom stereocenters. The van der Waals surface area contributed by atoms with Gasteiger partial charge in [-0.2, -0.15) is 0 Å². The Morgan fingerprint density at radius 2 is 1.74 bits per heavy atom. The van der Waals surface area contributed by atoms with E-state index in [-0.39, 0.29) is 0 Å². The summed E-state index contributed by atoms with van der Waals surface area (Å²) in [5, 5.41) is 3.27. The number of benzene rings is 3. The van der Waals surface area contributed by atoms with Crippen LogP contribution in [0.25, 0.3) is 11.1 Å². The lowest BCUT2D eigenvalue weighted by molar-refractivity contribution is 0.415. The maximum Gasteiger partial charge on any atom is 0.160 e. The number of rotatable bonds is 8. The van der Waals surface area contributed by atoms with Crippen molar-refractivity contribution < 1.29 is 4.74 Å². The zero-order chi connectivity index (χ0) is 23.8. The van der Waals surface area contributed by atoms with Crippen LogP contribution in [0.4, 0.5) is 5.69 Å². The number of aromatic nitrogens is 1. The first kappa shape index (κ1) is 23.1. The third-order valence-electron chi connectivity index (χ3n) is 5.64. The summed E-state index contributed by atoms with van der Waals surface area (Å²) in [5.41, 5.74) is 7.51. The molecule has 5 heteroatoms. The van der Waals surface area contributed by atoms with Crippen molar-refractivity contribution in [2.45, 2.75) is 13.0 Å². The van der Waals surface area contributed by atoms with Gasteiger partial charge < -0.3 is 10.1 Å². The van der Waals surface area contributed by atoms with Crippen LogP contribution in [-0.2, 0) is 13.0 Å². The Morgan fingerprint density at radius 1 is 0.912 bits per heavy atom. The molecule has 1 aromatic heterocycles. The molecule has 34 heavy (non-hydrogen) atoms. The zero-order valence-electron chi connectivity index (χ0n) is 19.5. The average Bonchev–Trinajstić information content (AvgIpc) is 2.89. The number of hydrogen-bond acceptors (Lipinski definition) is 4. The van der Waals surface area contributed by atoms with E-state index in [2.05, 4.69) is 64.5 Å². The topological polar surface area (TPSA) is 58.9 Å². The van der Waals surface area contributed by atoms with E-state index in [0.717, 1.165) is 46.7 Å². The third kappa shape index (κ3) is 5.45. The van der Waals surface area contributed by atoms with Gasteiger partial charge in [0.1, 0.15) is 5.75 Å². The molecule has 5 nitrogen and oxygen atoms in total. The molecule has 1 N–H and O–H groups in total. The summed E-state index contributed by atoms with van der Waals surface area (Å²) in [6, 6.07) is 26.7. The number of hydrogen-bond donors (Lipinski definition) is 1. The Kier molecular flexibility index (Phi) is 7.58. The molecule has 1 heterocycles. The van der Waals surface area contributed by atoms with Crippen molar-refractivity contribution in [1.82, 2.24) is 10.3 Å². The van der Waals surface area contributed by atoms with Crippen molar-refractivity contribution in [3.8, 4) is 16.9 Å². The predicted molar refractivity (Wildman–Crippen MR) is 140 cm³/mol. The van der Waals surface area contributed by atoms with Gasteiger partial charge in [0.15, 0.2) is 5.84 Å². The largest absolute Gasteiger partial charge is 0.497 e. The Bertz CT molecular complexity index is 1300. The molecule has 4 rings (SSSR count). The van der Waals surface area contributed by atoms with Gasteiger partial charge >= 0.3 is 0 Å². The lowest BCUT2D eigenvalue weighted by Crippen LogP contribution is -2.08. The molecule has 0 bridgehead atoms. The summed E-state index contributed by atoms with van der Waals surface area (Å²) in [6.07, 6.45) is 4.23. The maximum atomic E-state index is 5.43. The predicted octanol–water partition coefficient (Wildman–Crippen LogP) is 5.85. The van der Waals surface area contributed by atoms with Crippen LogP contribution >= 0.6 is 0 Å². The fourth-order valence-corrected chi connectivity index (χ4v) is 3.92. The highest BCUT2D eigenvalue weighted by Gasteiger charge is 2.11. The van der Waals surface area contributed by atoms with Crippen LogP contribution in [0.1, 0.15) is 22.3 Å². The van der Waals surface area contributed by atoms with E-state index < -0.39 is 0 Å². The second-order valence-corrected chi connectivity index (χ2v) is 7.89. The SMILES string of the molecule is C=NC(=Nc1ccc(-c2cccc(OC)c2)cc1Cc1ccccc1CNC)c1cccnc1. The molecular formula is C29H28N4O.